The minimum Gasteiger partial charge on any atom is -0.477 e. The number of carboxylic acid groups (broad SMARTS) is 1. The first-order valence-electron chi connectivity index (χ1n) is 7.17. The van der Waals surface area contributed by atoms with Crippen molar-refractivity contribution in [3.8, 4) is 0 Å². The first-order chi connectivity index (χ1) is 10.4. The van der Waals surface area contributed by atoms with Crippen LogP contribution in [0.15, 0.2) is 10.9 Å². The Morgan fingerprint density at radius 1 is 1.41 bits per heavy atom. The second-order valence-corrected chi connectivity index (χ2v) is 5.60. The van der Waals surface area contributed by atoms with Gasteiger partial charge in [-0.25, -0.2) is 13.6 Å². The molecule has 0 aliphatic heterocycles. The van der Waals surface area contributed by atoms with E-state index in [1.54, 1.807) is 11.5 Å². The molecule has 116 valence electrons. The van der Waals surface area contributed by atoms with Gasteiger partial charge in [0.15, 0.2) is 11.6 Å². The van der Waals surface area contributed by atoms with Crippen LogP contribution < -0.4 is 5.43 Å². The maximum absolute atomic E-state index is 13.9. The number of hydrogen-bond donors (Lipinski definition) is 1. The lowest BCUT2D eigenvalue weighted by atomic mass is 10.0. The molecule has 0 atom stereocenters. The van der Waals surface area contributed by atoms with Gasteiger partial charge in [-0.05, 0) is 32.3 Å². The summed E-state index contributed by atoms with van der Waals surface area (Å²) >= 11 is 0. The Morgan fingerprint density at radius 3 is 2.55 bits per heavy atom. The first kappa shape index (κ1) is 14.7. The second-order valence-electron chi connectivity index (χ2n) is 5.60. The number of fused-ring (bicyclic) bond motifs is 1. The Morgan fingerprint density at radius 2 is 2.05 bits per heavy atom. The van der Waals surface area contributed by atoms with Gasteiger partial charge in [-0.2, -0.15) is 0 Å². The van der Waals surface area contributed by atoms with Crippen LogP contribution in [0.3, 0.4) is 0 Å². The molecule has 1 aromatic heterocycles. The van der Waals surface area contributed by atoms with Crippen molar-refractivity contribution >= 4 is 16.9 Å². The lowest BCUT2D eigenvalue weighted by molar-refractivity contribution is 0.0693. The zero-order valence-electron chi connectivity index (χ0n) is 12.2. The molecule has 1 aliphatic carbocycles. The van der Waals surface area contributed by atoms with E-state index in [4.69, 9.17) is 0 Å². The van der Waals surface area contributed by atoms with Crippen LogP contribution in [-0.4, -0.2) is 15.6 Å². The van der Waals surface area contributed by atoms with Crippen LogP contribution in [0, 0.1) is 18.6 Å². The average Bonchev–Trinajstić information content (AvgIpc) is 3.29. The van der Waals surface area contributed by atoms with Gasteiger partial charge in [0.2, 0.25) is 5.43 Å². The Bertz CT molecular complexity index is 866. The van der Waals surface area contributed by atoms with Crippen LogP contribution in [0.25, 0.3) is 10.9 Å². The normalized spacial score (nSPS) is 14.5. The molecule has 1 N–H and O–H groups in total. The quantitative estimate of drug-likeness (QED) is 0.947. The highest BCUT2D eigenvalue weighted by atomic mass is 19.2. The second kappa shape index (κ2) is 4.90. The van der Waals surface area contributed by atoms with Crippen LogP contribution in [0.2, 0.25) is 0 Å². The highest BCUT2D eigenvalue weighted by Crippen LogP contribution is 2.40. The van der Waals surface area contributed by atoms with Crippen LogP contribution in [0.4, 0.5) is 8.78 Å². The molecule has 1 aromatic carbocycles. The highest BCUT2D eigenvalue weighted by Gasteiger charge is 2.32. The van der Waals surface area contributed by atoms with E-state index < -0.39 is 23.0 Å². The number of aryl methyl sites for hydroxylation is 1. The molecular weight excluding hydrogens is 292 g/mol. The van der Waals surface area contributed by atoms with Crippen LogP contribution in [-0.2, 0) is 6.42 Å². The van der Waals surface area contributed by atoms with E-state index in [2.05, 4.69) is 0 Å². The summed E-state index contributed by atoms with van der Waals surface area (Å²) in [6.07, 6.45) is 2.01. The predicted octanol–water partition coefficient (Wildman–Crippen LogP) is 3.18. The average molecular weight is 307 g/mol. The van der Waals surface area contributed by atoms with Crippen molar-refractivity contribution in [2.75, 3.05) is 0 Å². The summed E-state index contributed by atoms with van der Waals surface area (Å²) in [7, 11) is 0. The van der Waals surface area contributed by atoms with E-state index in [9.17, 15) is 23.5 Å². The molecule has 22 heavy (non-hydrogen) atoms. The van der Waals surface area contributed by atoms with Crippen molar-refractivity contribution in [2.24, 2.45) is 0 Å². The maximum atomic E-state index is 13.9. The molecule has 0 amide bonds. The lowest BCUT2D eigenvalue weighted by Gasteiger charge is -2.20. The Labute approximate surface area is 125 Å². The summed E-state index contributed by atoms with van der Waals surface area (Å²) in [5, 5.41) is 9.30. The van der Waals surface area contributed by atoms with E-state index in [0.29, 0.717) is 17.6 Å². The van der Waals surface area contributed by atoms with Gasteiger partial charge < -0.3 is 9.67 Å². The summed E-state index contributed by atoms with van der Waals surface area (Å²) in [6, 6.07) is 0.852. The summed E-state index contributed by atoms with van der Waals surface area (Å²) in [4.78, 5) is 24.0. The first-order valence-corrected chi connectivity index (χ1v) is 7.17. The van der Waals surface area contributed by atoms with Crippen molar-refractivity contribution in [3.05, 3.63) is 44.7 Å². The van der Waals surface area contributed by atoms with E-state index in [-0.39, 0.29) is 22.6 Å². The molecular formula is C16H15F2NO3. The predicted molar refractivity (Wildman–Crippen MR) is 77.5 cm³/mol. The van der Waals surface area contributed by atoms with Crippen molar-refractivity contribution in [3.63, 3.8) is 0 Å². The molecule has 4 nitrogen and oxygen atoms in total. The van der Waals surface area contributed by atoms with Crippen molar-refractivity contribution in [2.45, 2.75) is 39.2 Å². The van der Waals surface area contributed by atoms with Crippen molar-refractivity contribution < 1.29 is 18.7 Å². The zero-order chi connectivity index (χ0) is 16.2. The number of aromatic nitrogens is 1. The number of rotatable bonds is 3. The molecule has 3 rings (SSSR count). The molecule has 6 heteroatoms. The van der Waals surface area contributed by atoms with Crippen LogP contribution in [0.5, 0.6) is 0 Å². The summed E-state index contributed by atoms with van der Waals surface area (Å²) < 4.78 is 29.3. The third-order valence-corrected chi connectivity index (χ3v) is 4.17. The molecule has 0 bridgehead atoms. The fourth-order valence-electron chi connectivity index (χ4n) is 3.05. The standard InChI is InChI=1S/C16H15F2NO3/c1-3-11-12(16(21)22)15(20)9-6-10(17)13(18)7(2)14(9)19(11)8-4-5-8/h6,8H,3-5H2,1-2H3,(H,21,22). The highest BCUT2D eigenvalue weighted by molar-refractivity contribution is 5.95. The minimum absolute atomic E-state index is 0.0414. The molecule has 1 heterocycles. The number of carboxylic acids is 1. The van der Waals surface area contributed by atoms with Gasteiger partial charge in [-0.15, -0.1) is 0 Å². The molecule has 0 spiro atoms. The zero-order valence-corrected chi connectivity index (χ0v) is 12.2. The number of aromatic carboxylic acids is 1. The van der Waals surface area contributed by atoms with Crippen molar-refractivity contribution in [1.82, 2.24) is 4.57 Å². The topological polar surface area (TPSA) is 59.3 Å². The molecule has 1 saturated carbocycles. The number of hydrogen-bond acceptors (Lipinski definition) is 2. The maximum Gasteiger partial charge on any atom is 0.341 e. The van der Waals surface area contributed by atoms with E-state index in [1.807, 2.05) is 0 Å². The largest absolute Gasteiger partial charge is 0.477 e. The fourth-order valence-corrected chi connectivity index (χ4v) is 3.05. The summed E-state index contributed by atoms with van der Waals surface area (Å²) in [6.45, 7) is 3.17. The molecule has 0 radical (unpaired) electrons. The Balaban J connectivity index is 2.61. The molecule has 1 fully saturated rings. The van der Waals surface area contributed by atoms with E-state index in [0.717, 1.165) is 18.9 Å². The minimum atomic E-state index is -1.33. The summed E-state index contributed by atoms with van der Waals surface area (Å²) in [5.74, 6) is -3.46. The third kappa shape index (κ3) is 1.94. The van der Waals surface area contributed by atoms with E-state index >= 15 is 0 Å². The summed E-state index contributed by atoms with van der Waals surface area (Å²) in [5.41, 5.74) is -0.356. The molecule has 1 aliphatic rings. The lowest BCUT2D eigenvalue weighted by Crippen LogP contribution is -2.24. The van der Waals surface area contributed by atoms with Gasteiger partial charge in [0.1, 0.15) is 5.56 Å². The third-order valence-electron chi connectivity index (χ3n) is 4.17. The van der Waals surface area contributed by atoms with Crippen LogP contribution >= 0.6 is 0 Å². The monoisotopic (exact) mass is 307 g/mol. The van der Waals surface area contributed by atoms with Gasteiger partial charge in [0.25, 0.3) is 0 Å². The Kier molecular flexibility index (Phi) is 3.27. The molecule has 0 unspecified atom stereocenters. The van der Waals surface area contributed by atoms with Gasteiger partial charge >= 0.3 is 5.97 Å². The number of halogens is 2. The smallest absolute Gasteiger partial charge is 0.341 e. The number of pyridine rings is 1. The number of carbonyl (C=O) groups is 1. The van der Waals surface area contributed by atoms with Gasteiger partial charge in [-0.1, -0.05) is 6.92 Å². The molecule has 0 saturated heterocycles. The van der Waals surface area contributed by atoms with Gasteiger partial charge in [-0.3, -0.25) is 4.79 Å². The number of benzene rings is 1. The Hall–Kier alpha value is -2.24. The molecule has 2 aromatic rings. The van der Waals surface area contributed by atoms with Crippen molar-refractivity contribution in [1.29, 1.82) is 0 Å². The van der Waals surface area contributed by atoms with Crippen LogP contribution in [0.1, 0.15) is 47.4 Å². The SMILES string of the molecule is CCc1c(C(=O)O)c(=O)c2cc(F)c(F)c(C)c2n1C1CC1. The van der Waals surface area contributed by atoms with Gasteiger partial charge in [0, 0.05) is 22.7 Å². The van der Waals surface area contributed by atoms with Gasteiger partial charge in [0.05, 0.1) is 5.52 Å². The van der Waals surface area contributed by atoms with E-state index in [1.165, 1.54) is 6.92 Å². The number of nitrogens with zero attached hydrogens (tertiary/aromatic N) is 1. The fraction of sp³-hybridized carbons (Fsp3) is 0.375.